The van der Waals surface area contributed by atoms with Gasteiger partial charge >= 0.3 is 12.1 Å². The minimum Gasteiger partial charge on any atom is -0.484 e. The highest BCUT2D eigenvalue weighted by Crippen LogP contribution is 2.37. The largest absolute Gasteiger partial charge is 0.484 e. The molecule has 0 saturated carbocycles. The van der Waals surface area contributed by atoms with Crippen molar-refractivity contribution in [2.75, 3.05) is 19.0 Å². The van der Waals surface area contributed by atoms with Gasteiger partial charge in [0, 0.05) is 24.1 Å². The van der Waals surface area contributed by atoms with E-state index in [1.807, 2.05) is 19.1 Å². The second-order valence-electron chi connectivity index (χ2n) is 11.1. The van der Waals surface area contributed by atoms with Gasteiger partial charge in [0.15, 0.2) is 11.6 Å². The number of aliphatic hydroxyl groups is 1. The number of rotatable bonds is 11. The number of anilines is 1. The first-order valence-corrected chi connectivity index (χ1v) is 14.9. The molecule has 0 aliphatic rings. The highest BCUT2D eigenvalue weighted by atomic mass is 32.1. The zero-order valence-corrected chi connectivity index (χ0v) is 26.4. The lowest BCUT2D eigenvalue weighted by Gasteiger charge is -2.22. The van der Waals surface area contributed by atoms with E-state index in [1.54, 1.807) is 40.0 Å². The number of amides is 1. The number of benzene rings is 2. The van der Waals surface area contributed by atoms with E-state index < -0.39 is 29.7 Å². The molecular weight excluding hydrogens is 603 g/mol. The normalized spacial score (nSPS) is 13.0. The third kappa shape index (κ3) is 7.88. The van der Waals surface area contributed by atoms with Crippen LogP contribution in [0.2, 0.25) is 0 Å². The van der Waals surface area contributed by atoms with Crippen LogP contribution in [0.25, 0.3) is 31.8 Å². The zero-order chi connectivity index (χ0) is 32.3. The van der Waals surface area contributed by atoms with Crippen LogP contribution in [-0.4, -0.2) is 67.6 Å². The summed E-state index contributed by atoms with van der Waals surface area (Å²) in [6.07, 6.45) is 2.50. The SMILES string of the molecule is COc1cnc2c(-c3nc4cc(F)c(O[C@@H](C)[C@@H](C)OC(=O)Nc5cnc(OCCC(C)(C)O)nc5)cc4s3)cc(C)cc2n1. The monoisotopic (exact) mass is 636 g/mol. The minimum absolute atomic E-state index is 0.00765. The number of thiazole rings is 1. The summed E-state index contributed by atoms with van der Waals surface area (Å²) >= 11 is 1.38. The molecule has 5 rings (SSSR count). The van der Waals surface area contributed by atoms with E-state index in [1.165, 1.54) is 36.9 Å². The molecule has 2 N–H and O–H groups in total. The molecule has 0 spiro atoms. The molecule has 1 amide bonds. The number of fused-ring (bicyclic) bond motifs is 2. The number of methoxy groups -OCH3 is 1. The Bertz CT molecular complexity index is 1830. The van der Waals surface area contributed by atoms with Crippen molar-refractivity contribution in [1.29, 1.82) is 0 Å². The molecule has 3 aromatic heterocycles. The lowest BCUT2D eigenvalue weighted by Crippen LogP contribution is -2.32. The lowest BCUT2D eigenvalue weighted by atomic mass is 10.1. The van der Waals surface area contributed by atoms with Crippen molar-refractivity contribution in [1.82, 2.24) is 24.9 Å². The van der Waals surface area contributed by atoms with E-state index in [0.717, 1.165) is 11.1 Å². The Labute approximate surface area is 262 Å². The highest BCUT2D eigenvalue weighted by Gasteiger charge is 2.22. The van der Waals surface area contributed by atoms with E-state index in [4.69, 9.17) is 18.9 Å². The van der Waals surface area contributed by atoms with Crippen molar-refractivity contribution in [3.8, 4) is 28.2 Å². The molecule has 0 fully saturated rings. The summed E-state index contributed by atoms with van der Waals surface area (Å²) in [5.74, 6) is -0.179. The Morgan fingerprint density at radius 2 is 1.80 bits per heavy atom. The number of nitrogens with one attached hydrogen (secondary N) is 1. The average molecular weight is 637 g/mol. The van der Waals surface area contributed by atoms with E-state index >= 15 is 4.39 Å². The summed E-state index contributed by atoms with van der Waals surface area (Å²) in [5, 5.41) is 13.0. The van der Waals surface area contributed by atoms with E-state index in [0.29, 0.717) is 44.2 Å². The number of ether oxygens (including phenoxy) is 4. The number of aromatic nitrogens is 5. The lowest BCUT2D eigenvalue weighted by molar-refractivity contribution is 0.0401. The first-order valence-electron chi connectivity index (χ1n) is 14.1. The Kier molecular flexibility index (Phi) is 9.25. The molecule has 0 aliphatic heterocycles. The molecule has 14 heteroatoms. The summed E-state index contributed by atoms with van der Waals surface area (Å²) in [4.78, 5) is 34.2. The van der Waals surface area contributed by atoms with Crippen molar-refractivity contribution in [3.63, 3.8) is 0 Å². The van der Waals surface area contributed by atoms with Gasteiger partial charge in [-0.1, -0.05) is 0 Å². The zero-order valence-electron chi connectivity index (χ0n) is 25.6. The van der Waals surface area contributed by atoms with Gasteiger partial charge in [-0.15, -0.1) is 11.3 Å². The van der Waals surface area contributed by atoms with Crippen LogP contribution in [0.5, 0.6) is 17.6 Å². The molecule has 2 aromatic carbocycles. The molecule has 0 saturated heterocycles. The molecule has 2 atom stereocenters. The van der Waals surface area contributed by atoms with Crippen molar-refractivity contribution < 1.29 is 33.2 Å². The van der Waals surface area contributed by atoms with Gasteiger partial charge in [-0.3, -0.25) is 5.32 Å². The van der Waals surface area contributed by atoms with Crippen LogP contribution in [0.1, 0.15) is 39.7 Å². The molecule has 0 bridgehead atoms. The number of carbonyl (C=O) groups is 1. The first-order chi connectivity index (χ1) is 21.4. The second-order valence-corrected chi connectivity index (χ2v) is 12.1. The highest BCUT2D eigenvalue weighted by molar-refractivity contribution is 7.21. The molecule has 3 heterocycles. The number of hydrogen-bond acceptors (Lipinski definition) is 12. The van der Waals surface area contributed by atoms with Gasteiger partial charge in [-0.05, 0) is 52.3 Å². The van der Waals surface area contributed by atoms with Gasteiger partial charge in [0.1, 0.15) is 17.2 Å². The third-order valence-corrected chi connectivity index (χ3v) is 7.79. The molecular formula is C31H33FN6O6S. The van der Waals surface area contributed by atoms with Gasteiger partial charge in [-0.2, -0.15) is 0 Å². The maximum absolute atomic E-state index is 15.1. The van der Waals surface area contributed by atoms with Crippen LogP contribution in [0, 0.1) is 12.7 Å². The predicted molar refractivity (Wildman–Crippen MR) is 167 cm³/mol. The van der Waals surface area contributed by atoms with Crippen molar-refractivity contribution in [2.24, 2.45) is 0 Å². The molecule has 5 aromatic rings. The van der Waals surface area contributed by atoms with Gasteiger partial charge < -0.3 is 24.1 Å². The molecule has 0 aliphatic carbocycles. The van der Waals surface area contributed by atoms with E-state index in [-0.39, 0.29) is 18.4 Å². The van der Waals surface area contributed by atoms with Crippen LogP contribution in [0.3, 0.4) is 0 Å². The van der Waals surface area contributed by atoms with Crippen molar-refractivity contribution >= 4 is 44.4 Å². The Hall–Kier alpha value is -4.69. The summed E-state index contributed by atoms with van der Waals surface area (Å²) in [5.41, 5.74) is 2.98. The average Bonchev–Trinajstić information content (AvgIpc) is 3.39. The number of aryl methyl sites for hydroxylation is 1. The van der Waals surface area contributed by atoms with Crippen LogP contribution >= 0.6 is 11.3 Å². The first kappa shape index (κ1) is 31.7. The van der Waals surface area contributed by atoms with Gasteiger partial charge in [0.2, 0.25) is 5.88 Å². The number of hydrogen-bond donors (Lipinski definition) is 2. The quantitative estimate of drug-likeness (QED) is 0.173. The summed E-state index contributed by atoms with van der Waals surface area (Å²) in [6, 6.07) is 6.90. The fourth-order valence-corrected chi connectivity index (χ4v) is 5.19. The molecule has 0 radical (unpaired) electrons. The number of nitrogens with zero attached hydrogens (tertiary/aromatic N) is 5. The van der Waals surface area contributed by atoms with Gasteiger partial charge in [-0.25, -0.2) is 34.1 Å². The fraction of sp³-hybridized carbons (Fsp3) is 0.355. The van der Waals surface area contributed by atoms with Crippen LogP contribution in [0.4, 0.5) is 14.9 Å². The molecule has 12 nitrogen and oxygen atoms in total. The smallest absolute Gasteiger partial charge is 0.412 e. The molecule has 236 valence electrons. The summed E-state index contributed by atoms with van der Waals surface area (Å²) in [6.45, 7) is 8.86. The maximum atomic E-state index is 15.1. The second kappa shape index (κ2) is 13.1. The Morgan fingerprint density at radius 1 is 1.04 bits per heavy atom. The number of halogens is 1. The van der Waals surface area contributed by atoms with Crippen LogP contribution in [0.15, 0.2) is 42.9 Å². The molecule has 45 heavy (non-hydrogen) atoms. The van der Waals surface area contributed by atoms with Crippen LogP contribution in [-0.2, 0) is 4.74 Å². The predicted octanol–water partition coefficient (Wildman–Crippen LogP) is 6.10. The Morgan fingerprint density at radius 3 is 2.51 bits per heavy atom. The van der Waals surface area contributed by atoms with E-state index in [2.05, 4.69) is 30.2 Å². The van der Waals surface area contributed by atoms with Crippen molar-refractivity contribution in [3.05, 3.63) is 54.2 Å². The summed E-state index contributed by atoms with van der Waals surface area (Å²) < 4.78 is 37.8. The van der Waals surface area contributed by atoms with Gasteiger partial charge in [0.05, 0.1) is 64.8 Å². The minimum atomic E-state index is -0.866. The standard InChI is InChI=1S/C31H33FN6O6S/c1-16-9-20(27-23(10-16)37-26(41-6)15-33-27)28-38-22-11-21(32)24(12-25(22)45-28)43-17(2)18(3)44-30(39)36-19-13-34-29(35-14-19)42-8-7-31(4,5)40/h9-15,17-18,40H,7-8H2,1-6H3,(H,36,39)/t17-,18+/m0/s1. The molecule has 0 unspecified atom stereocenters. The summed E-state index contributed by atoms with van der Waals surface area (Å²) in [7, 11) is 1.53. The topological polar surface area (TPSA) is 151 Å². The van der Waals surface area contributed by atoms with Crippen LogP contribution < -0.4 is 19.5 Å². The maximum Gasteiger partial charge on any atom is 0.412 e. The van der Waals surface area contributed by atoms with Crippen molar-refractivity contribution in [2.45, 2.75) is 58.8 Å². The van der Waals surface area contributed by atoms with E-state index in [9.17, 15) is 9.90 Å². The van der Waals surface area contributed by atoms with Gasteiger partial charge in [0.25, 0.3) is 0 Å². The third-order valence-electron chi connectivity index (χ3n) is 6.74. The Balaban J connectivity index is 1.23. The fourth-order valence-electron chi connectivity index (χ4n) is 4.20. The number of carbonyl (C=O) groups excluding carboxylic acids is 1.